The fraction of sp³-hybridized carbons (Fsp3) is 0.312. The largest absolute Gasteiger partial charge is 0.355 e. The van der Waals surface area contributed by atoms with Crippen molar-refractivity contribution in [1.29, 1.82) is 0 Å². The number of nitrogens with zero attached hydrogens (tertiary/aromatic N) is 6. The van der Waals surface area contributed by atoms with Gasteiger partial charge < -0.3 is 4.52 Å². The molecule has 3 heterocycles. The molecule has 10 heteroatoms. The lowest BCUT2D eigenvalue weighted by Gasteiger charge is -1.94. The van der Waals surface area contributed by atoms with Crippen molar-refractivity contribution < 1.29 is 13.7 Å². The average molecular weight is 359 g/mol. The molecule has 0 aliphatic carbocycles. The number of aryl methyl sites for hydroxylation is 4. The molecule has 0 aliphatic heterocycles. The smallest absolute Gasteiger partial charge is 0.293 e. The zero-order valence-electron chi connectivity index (χ0n) is 14.8. The quantitative estimate of drug-likeness (QED) is 0.553. The van der Waals surface area contributed by atoms with E-state index in [1.165, 1.54) is 19.3 Å². The van der Waals surface area contributed by atoms with Crippen molar-refractivity contribution in [3.63, 3.8) is 0 Å². The highest BCUT2D eigenvalue weighted by molar-refractivity contribution is 5.94. The van der Waals surface area contributed by atoms with Crippen LogP contribution in [-0.2, 0) is 13.6 Å². The Hall–Kier alpha value is -3.30. The molecule has 0 fully saturated rings. The van der Waals surface area contributed by atoms with Crippen molar-refractivity contribution in [1.82, 2.24) is 30.1 Å². The summed E-state index contributed by atoms with van der Waals surface area (Å²) in [6.45, 7) is 6.19. The van der Waals surface area contributed by atoms with Crippen LogP contribution in [0.15, 0.2) is 21.9 Å². The maximum atomic E-state index is 13.8. The van der Waals surface area contributed by atoms with Gasteiger partial charge in [-0.25, -0.2) is 10.1 Å². The van der Waals surface area contributed by atoms with Crippen LogP contribution in [0.1, 0.15) is 34.4 Å². The lowest BCUT2D eigenvalue weighted by Crippen LogP contribution is -2.18. The second kappa shape index (κ2) is 6.90. The molecule has 3 rings (SSSR count). The van der Waals surface area contributed by atoms with E-state index in [1.54, 1.807) is 11.6 Å². The third kappa shape index (κ3) is 3.25. The highest BCUT2D eigenvalue weighted by Crippen LogP contribution is 2.23. The zero-order chi connectivity index (χ0) is 18.8. The molecule has 26 heavy (non-hydrogen) atoms. The van der Waals surface area contributed by atoms with Gasteiger partial charge in [-0.1, -0.05) is 5.16 Å². The van der Waals surface area contributed by atoms with Gasteiger partial charge in [-0.15, -0.1) is 0 Å². The average Bonchev–Trinajstić information content (AvgIpc) is 3.29. The summed E-state index contributed by atoms with van der Waals surface area (Å²) in [5, 5.41) is 15.7. The highest BCUT2D eigenvalue weighted by Gasteiger charge is 2.17. The summed E-state index contributed by atoms with van der Waals surface area (Å²) in [7, 11) is 1.48. The Kier molecular flexibility index (Phi) is 4.65. The Morgan fingerprint density at radius 1 is 1.38 bits per heavy atom. The summed E-state index contributed by atoms with van der Waals surface area (Å²) in [6.07, 6.45) is 3.02. The van der Waals surface area contributed by atoms with E-state index >= 15 is 0 Å². The highest BCUT2D eigenvalue weighted by atomic mass is 19.1. The van der Waals surface area contributed by atoms with Crippen molar-refractivity contribution in [2.75, 3.05) is 0 Å². The number of halogens is 1. The van der Waals surface area contributed by atoms with Gasteiger partial charge in [0.2, 0.25) is 5.95 Å². The fourth-order valence-corrected chi connectivity index (χ4v) is 2.44. The standard InChI is InChI=1S/C16H18FN7O2/c1-5-24-8-12(10(3)21-24)14-6-13(22-26-14)16(25)19-18-7-11-9(2)20-23(4)15(11)17/h6-8H,5H2,1-4H3,(H,19,25). The van der Waals surface area contributed by atoms with Crippen molar-refractivity contribution >= 4 is 12.1 Å². The summed E-state index contributed by atoms with van der Waals surface area (Å²) >= 11 is 0. The monoisotopic (exact) mass is 359 g/mol. The van der Waals surface area contributed by atoms with Crippen LogP contribution in [0.2, 0.25) is 0 Å². The predicted octanol–water partition coefficient (Wildman–Crippen LogP) is 1.81. The number of rotatable bonds is 5. The van der Waals surface area contributed by atoms with Gasteiger partial charge in [-0.3, -0.25) is 9.48 Å². The molecule has 0 aliphatic rings. The summed E-state index contributed by atoms with van der Waals surface area (Å²) in [5.74, 6) is -0.670. The first-order valence-electron chi connectivity index (χ1n) is 7.94. The summed E-state index contributed by atoms with van der Waals surface area (Å²) in [4.78, 5) is 12.1. The lowest BCUT2D eigenvalue weighted by atomic mass is 10.2. The van der Waals surface area contributed by atoms with Crippen LogP contribution in [0.4, 0.5) is 4.39 Å². The van der Waals surface area contributed by atoms with Crippen molar-refractivity contribution in [3.05, 3.63) is 40.9 Å². The third-order valence-corrected chi connectivity index (χ3v) is 3.83. The lowest BCUT2D eigenvalue weighted by molar-refractivity contribution is 0.0946. The Bertz CT molecular complexity index is 983. The van der Waals surface area contributed by atoms with E-state index in [2.05, 4.69) is 25.9 Å². The second-order valence-electron chi connectivity index (χ2n) is 5.67. The molecule has 0 atom stereocenters. The minimum atomic E-state index is -0.571. The van der Waals surface area contributed by atoms with E-state index in [0.717, 1.165) is 22.5 Å². The number of hydrogen-bond donors (Lipinski definition) is 1. The fourth-order valence-electron chi connectivity index (χ4n) is 2.44. The van der Waals surface area contributed by atoms with E-state index in [1.807, 2.05) is 20.0 Å². The number of amides is 1. The maximum absolute atomic E-state index is 13.8. The predicted molar refractivity (Wildman–Crippen MR) is 91.1 cm³/mol. The topological polar surface area (TPSA) is 103 Å². The van der Waals surface area contributed by atoms with Crippen LogP contribution in [0.3, 0.4) is 0 Å². The molecule has 0 saturated carbocycles. The molecule has 1 N–H and O–H groups in total. The zero-order valence-corrected chi connectivity index (χ0v) is 14.8. The van der Waals surface area contributed by atoms with Gasteiger partial charge in [0.05, 0.1) is 28.7 Å². The molecule has 0 spiro atoms. The van der Waals surface area contributed by atoms with Crippen LogP contribution in [0.25, 0.3) is 11.3 Å². The molecular formula is C16H18FN7O2. The number of hydrogen-bond acceptors (Lipinski definition) is 6. The third-order valence-electron chi connectivity index (χ3n) is 3.83. The van der Waals surface area contributed by atoms with Gasteiger partial charge >= 0.3 is 0 Å². The van der Waals surface area contributed by atoms with Crippen molar-refractivity contribution in [2.24, 2.45) is 12.1 Å². The van der Waals surface area contributed by atoms with E-state index < -0.39 is 11.9 Å². The number of carbonyl (C=O) groups is 1. The van der Waals surface area contributed by atoms with E-state index in [-0.39, 0.29) is 11.3 Å². The molecule has 0 aromatic carbocycles. The molecular weight excluding hydrogens is 341 g/mol. The van der Waals surface area contributed by atoms with Crippen molar-refractivity contribution in [2.45, 2.75) is 27.3 Å². The number of carbonyl (C=O) groups excluding carboxylic acids is 1. The van der Waals surface area contributed by atoms with Gasteiger partial charge in [0.1, 0.15) is 0 Å². The van der Waals surface area contributed by atoms with Crippen LogP contribution in [-0.4, -0.2) is 36.8 Å². The molecule has 0 unspecified atom stereocenters. The molecule has 1 amide bonds. The summed E-state index contributed by atoms with van der Waals surface area (Å²) in [6, 6.07) is 1.50. The first-order valence-corrected chi connectivity index (χ1v) is 7.94. The van der Waals surface area contributed by atoms with Crippen LogP contribution >= 0.6 is 0 Å². The number of hydrazone groups is 1. The number of nitrogens with one attached hydrogen (secondary N) is 1. The molecule has 3 aromatic rings. The van der Waals surface area contributed by atoms with E-state index in [9.17, 15) is 9.18 Å². The van der Waals surface area contributed by atoms with Gasteiger partial charge in [0.25, 0.3) is 5.91 Å². The Morgan fingerprint density at radius 2 is 2.15 bits per heavy atom. The van der Waals surface area contributed by atoms with Gasteiger partial charge in [-0.2, -0.15) is 19.7 Å². The second-order valence-corrected chi connectivity index (χ2v) is 5.67. The Labute approximate surface area is 148 Å². The number of aromatic nitrogens is 5. The van der Waals surface area contributed by atoms with E-state index in [4.69, 9.17) is 4.52 Å². The Morgan fingerprint density at radius 3 is 2.77 bits per heavy atom. The van der Waals surface area contributed by atoms with Crippen LogP contribution in [0, 0.1) is 19.8 Å². The van der Waals surface area contributed by atoms with Gasteiger partial charge in [0, 0.05) is 25.9 Å². The summed E-state index contributed by atoms with van der Waals surface area (Å²) in [5.41, 5.74) is 4.56. The molecule has 136 valence electrons. The van der Waals surface area contributed by atoms with Crippen molar-refractivity contribution in [3.8, 4) is 11.3 Å². The van der Waals surface area contributed by atoms with Crippen LogP contribution in [0.5, 0.6) is 0 Å². The first kappa shape index (κ1) is 17.5. The molecule has 0 radical (unpaired) electrons. The maximum Gasteiger partial charge on any atom is 0.293 e. The molecule has 0 saturated heterocycles. The van der Waals surface area contributed by atoms with Gasteiger partial charge in [0.15, 0.2) is 11.5 Å². The SMILES string of the molecule is CCn1cc(-c2cc(C(=O)NN=Cc3c(C)nn(C)c3F)no2)c(C)n1. The van der Waals surface area contributed by atoms with Gasteiger partial charge in [-0.05, 0) is 20.8 Å². The summed E-state index contributed by atoms with van der Waals surface area (Å²) < 4.78 is 21.9. The Balaban J connectivity index is 1.72. The van der Waals surface area contributed by atoms with E-state index in [0.29, 0.717) is 11.5 Å². The minimum absolute atomic E-state index is 0.0594. The van der Waals surface area contributed by atoms with Crippen LogP contribution < -0.4 is 5.43 Å². The minimum Gasteiger partial charge on any atom is -0.355 e. The first-order chi connectivity index (χ1) is 12.4. The molecule has 0 bridgehead atoms. The molecule has 3 aromatic heterocycles. The molecule has 9 nitrogen and oxygen atoms in total. The normalized spacial score (nSPS) is 11.4.